The van der Waals surface area contributed by atoms with Crippen molar-refractivity contribution in [2.45, 2.75) is 70.5 Å². The molecule has 3 aliphatic rings. The Bertz CT molecular complexity index is 1150. The summed E-state index contributed by atoms with van der Waals surface area (Å²) in [6.45, 7) is 4.53. The first-order chi connectivity index (χ1) is 16.7. The molecule has 0 radical (unpaired) electrons. The van der Waals surface area contributed by atoms with Gasteiger partial charge < -0.3 is 33.9 Å². The maximum absolute atomic E-state index is 13.2. The lowest BCUT2D eigenvalue weighted by molar-refractivity contribution is -0.0605. The van der Waals surface area contributed by atoms with E-state index in [4.69, 9.17) is 24.3 Å². The standard InChI is InChI=1S/C23H35N4O7P/c1-13-4-3-5-15(10-13)17-7-9-32-35(30,34-17)12-31-11-18-19(28)14(2)22(33-18)27-8-6-16-20(27)25-23(24)26-21(16)29/h6,8,13-15,17-19,22,28H,3-5,7,9-12H2,1-2H3,(H3,24,25,26,29)/t13?,14-,15?,17-,18+,19-,22+,35?/m0/s1. The highest BCUT2D eigenvalue weighted by molar-refractivity contribution is 7.53. The summed E-state index contributed by atoms with van der Waals surface area (Å²) in [6.07, 6.45) is 4.74. The Hall–Kier alpha value is -1.75. The molecule has 0 aromatic carbocycles. The van der Waals surface area contributed by atoms with Crippen molar-refractivity contribution in [3.8, 4) is 0 Å². The van der Waals surface area contributed by atoms with Crippen LogP contribution >= 0.6 is 7.60 Å². The number of nitrogens with zero attached hydrogens (tertiary/aromatic N) is 2. The molecule has 2 saturated heterocycles. The zero-order valence-electron chi connectivity index (χ0n) is 20.2. The summed E-state index contributed by atoms with van der Waals surface area (Å²) in [6, 6.07) is 1.64. The van der Waals surface area contributed by atoms with Crippen LogP contribution in [0.25, 0.3) is 11.0 Å². The smallest absolute Gasteiger partial charge is 0.356 e. The summed E-state index contributed by atoms with van der Waals surface area (Å²) in [7, 11) is -3.38. The Balaban J connectivity index is 1.20. The van der Waals surface area contributed by atoms with Crippen molar-refractivity contribution in [1.29, 1.82) is 0 Å². The molecule has 3 unspecified atom stereocenters. The molecule has 1 aliphatic carbocycles. The quantitative estimate of drug-likeness (QED) is 0.498. The molecule has 0 bridgehead atoms. The minimum absolute atomic E-state index is 0.00622. The third-order valence-corrected chi connectivity index (χ3v) is 9.25. The van der Waals surface area contributed by atoms with Gasteiger partial charge in [-0.3, -0.25) is 14.3 Å². The van der Waals surface area contributed by atoms with E-state index in [1.165, 1.54) is 12.8 Å². The molecule has 35 heavy (non-hydrogen) atoms. The highest BCUT2D eigenvalue weighted by Crippen LogP contribution is 2.54. The number of aromatic nitrogens is 3. The van der Waals surface area contributed by atoms with E-state index in [1.54, 1.807) is 16.8 Å². The Labute approximate surface area is 203 Å². The van der Waals surface area contributed by atoms with Crippen molar-refractivity contribution >= 4 is 24.6 Å². The number of aliphatic hydroxyl groups excluding tert-OH is 1. The van der Waals surface area contributed by atoms with Gasteiger partial charge in [0.15, 0.2) is 5.65 Å². The summed E-state index contributed by atoms with van der Waals surface area (Å²) >= 11 is 0. The second kappa shape index (κ2) is 9.95. The van der Waals surface area contributed by atoms with Crippen molar-refractivity contribution in [3.05, 3.63) is 22.6 Å². The van der Waals surface area contributed by atoms with Crippen molar-refractivity contribution < 1.29 is 28.2 Å². The van der Waals surface area contributed by atoms with Crippen LogP contribution in [0.5, 0.6) is 0 Å². The van der Waals surface area contributed by atoms with Crippen molar-refractivity contribution in [2.24, 2.45) is 17.8 Å². The van der Waals surface area contributed by atoms with Gasteiger partial charge in [0.2, 0.25) is 5.95 Å². The van der Waals surface area contributed by atoms with Crippen LogP contribution in [0.3, 0.4) is 0 Å². The minimum atomic E-state index is -3.38. The van der Waals surface area contributed by atoms with Gasteiger partial charge in [-0.05, 0) is 37.2 Å². The third-order valence-electron chi connectivity index (χ3n) is 7.58. The van der Waals surface area contributed by atoms with E-state index in [0.717, 1.165) is 19.3 Å². The van der Waals surface area contributed by atoms with E-state index < -0.39 is 26.0 Å². The van der Waals surface area contributed by atoms with Gasteiger partial charge in [0, 0.05) is 12.1 Å². The van der Waals surface area contributed by atoms with Crippen molar-refractivity contribution in [3.63, 3.8) is 0 Å². The molecule has 3 fully saturated rings. The number of nitrogens with two attached hydrogens (primary N) is 1. The van der Waals surface area contributed by atoms with Crippen LogP contribution < -0.4 is 11.3 Å². The SMILES string of the molecule is CC1CCCC([C@@H]2CCOP(=O)(COC[C@H]3O[C@@H](n4ccc5c(=O)[nH]c(N)nc54)[C@@H](C)[C@@H]3O)O2)C1. The molecule has 4 heterocycles. The van der Waals surface area contributed by atoms with Gasteiger partial charge in [-0.25, -0.2) is 0 Å². The van der Waals surface area contributed by atoms with Gasteiger partial charge in [0.05, 0.1) is 30.8 Å². The molecule has 1 saturated carbocycles. The van der Waals surface area contributed by atoms with E-state index in [-0.39, 0.29) is 36.5 Å². The molecular weight excluding hydrogens is 475 g/mol. The Morgan fingerprint density at radius 3 is 2.97 bits per heavy atom. The summed E-state index contributed by atoms with van der Waals surface area (Å²) in [5, 5.41) is 11.2. The van der Waals surface area contributed by atoms with E-state index in [9.17, 15) is 14.5 Å². The van der Waals surface area contributed by atoms with Crippen LogP contribution in [0.1, 0.15) is 52.2 Å². The number of aromatic amines is 1. The van der Waals surface area contributed by atoms with Gasteiger partial charge >= 0.3 is 7.60 Å². The minimum Gasteiger partial charge on any atom is -0.390 e. The largest absolute Gasteiger partial charge is 0.390 e. The number of nitrogen functional groups attached to an aromatic ring is 1. The fraction of sp³-hybridized carbons (Fsp3) is 0.739. The molecule has 2 aromatic rings. The molecule has 0 spiro atoms. The number of hydrogen-bond acceptors (Lipinski definition) is 9. The fourth-order valence-electron chi connectivity index (χ4n) is 5.70. The molecule has 11 nitrogen and oxygen atoms in total. The average molecular weight is 511 g/mol. The monoisotopic (exact) mass is 510 g/mol. The molecule has 0 amide bonds. The first-order valence-corrected chi connectivity index (χ1v) is 14.2. The summed E-state index contributed by atoms with van der Waals surface area (Å²) in [5.74, 6) is 0.766. The Morgan fingerprint density at radius 2 is 2.17 bits per heavy atom. The van der Waals surface area contributed by atoms with E-state index in [1.807, 2.05) is 6.92 Å². The Kier molecular flexibility index (Phi) is 7.09. The molecule has 4 N–H and O–H groups in total. The second-order valence-corrected chi connectivity index (χ2v) is 12.2. The van der Waals surface area contributed by atoms with E-state index in [2.05, 4.69) is 16.9 Å². The topological polar surface area (TPSA) is 151 Å². The molecular formula is C23H35N4O7P. The average Bonchev–Trinajstić information content (AvgIpc) is 3.35. The lowest BCUT2D eigenvalue weighted by Crippen LogP contribution is -2.33. The predicted molar refractivity (Wildman–Crippen MR) is 129 cm³/mol. The second-order valence-electron chi connectivity index (χ2n) is 10.2. The normalized spacial score (nSPS) is 38.2. The number of fused-ring (bicyclic) bond motifs is 1. The lowest BCUT2D eigenvalue weighted by atomic mass is 9.79. The van der Waals surface area contributed by atoms with E-state index in [0.29, 0.717) is 29.5 Å². The number of anilines is 1. The summed E-state index contributed by atoms with van der Waals surface area (Å²) in [4.78, 5) is 18.9. The molecule has 2 aliphatic heterocycles. The zero-order chi connectivity index (χ0) is 24.7. The van der Waals surface area contributed by atoms with Crippen LogP contribution in [0, 0.1) is 17.8 Å². The van der Waals surface area contributed by atoms with Gasteiger partial charge in [-0.2, -0.15) is 4.98 Å². The van der Waals surface area contributed by atoms with Crippen LogP contribution in [-0.4, -0.2) is 57.5 Å². The Morgan fingerprint density at radius 1 is 1.34 bits per heavy atom. The van der Waals surface area contributed by atoms with E-state index >= 15 is 0 Å². The van der Waals surface area contributed by atoms with Gasteiger partial charge in [0.25, 0.3) is 5.56 Å². The maximum atomic E-state index is 13.2. The number of hydrogen-bond donors (Lipinski definition) is 3. The predicted octanol–water partition coefficient (Wildman–Crippen LogP) is 3.00. The molecule has 5 rings (SSSR count). The first kappa shape index (κ1) is 24.9. The van der Waals surface area contributed by atoms with Crippen LogP contribution in [-0.2, 0) is 23.1 Å². The highest BCUT2D eigenvalue weighted by Gasteiger charge is 2.44. The molecule has 194 valence electrons. The van der Waals surface area contributed by atoms with Crippen LogP contribution in [0.15, 0.2) is 17.1 Å². The van der Waals surface area contributed by atoms with Crippen molar-refractivity contribution in [1.82, 2.24) is 14.5 Å². The van der Waals surface area contributed by atoms with Gasteiger partial charge in [-0.1, -0.05) is 26.7 Å². The number of aliphatic hydroxyl groups is 1. The molecule has 8 atom stereocenters. The zero-order valence-corrected chi connectivity index (χ0v) is 21.1. The fourth-order valence-corrected chi connectivity index (χ4v) is 7.30. The van der Waals surface area contributed by atoms with Crippen LogP contribution in [0.2, 0.25) is 0 Å². The van der Waals surface area contributed by atoms with Gasteiger partial charge in [-0.15, -0.1) is 0 Å². The van der Waals surface area contributed by atoms with Crippen molar-refractivity contribution in [2.75, 3.05) is 25.3 Å². The number of ether oxygens (including phenoxy) is 2. The number of nitrogens with one attached hydrogen (secondary N) is 1. The van der Waals surface area contributed by atoms with Gasteiger partial charge in [0.1, 0.15) is 18.7 Å². The molecule has 2 aromatic heterocycles. The number of H-pyrrole nitrogens is 1. The summed E-state index contributed by atoms with van der Waals surface area (Å²) in [5.41, 5.74) is 5.76. The number of rotatable bonds is 6. The maximum Gasteiger partial charge on any atom is 0.356 e. The first-order valence-electron chi connectivity index (χ1n) is 12.4. The third kappa shape index (κ3) is 5.08. The molecule has 12 heteroatoms. The summed E-state index contributed by atoms with van der Waals surface area (Å²) < 4.78 is 38.2. The van der Waals surface area contributed by atoms with Crippen LogP contribution in [0.4, 0.5) is 5.95 Å². The lowest BCUT2D eigenvalue weighted by Gasteiger charge is -2.37. The highest BCUT2D eigenvalue weighted by atomic mass is 31.2.